The molecule has 3 heterocycles. The summed E-state index contributed by atoms with van der Waals surface area (Å²) in [7, 11) is 0. The highest BCUT2D eigenvalue weighted by molar-refractivity contribution is 6.31. The molecule has 4 aromatic rings. The summed E-state index contributed by atoms with van der Waals surface area (Å²) in [6, 6.07) is 11.6. The standard InChI is InChI=1S/C37H34ClFN8O7/c38-28-9-11-30(47-20-41-43-44-47)27(33(28)39)8-12-32(49)46-19-16-25-24(21-14-17-45(18-15-21)31(48)13-10-29(40)37(53)54)2-1-3-26(25)34(46)35(50)42-23-6-4-22(5-7-23)36(51)52/h1-9,11-12,14,20,29,34H,10,13,15-19,40H2,(H,42,50)(H,51,52)(H,53,54)/b12-8+/t29-,34-/m0/s1. The van der Waals surface area contributed by atoms with E-state index in [1.54, 1.807) is 17.0 Å². The first-order valence-corrected chi connectivity index (χ1v) is 17.2. The molecule has 0 saturated heterocycles. The van der Waals surface area contributed by atoms with Crippen molar-refractivity contribution >= 4 is 58.6 Å². The maximum atomic E-state index is 15.3. The number of benzene rings is 3. The van der Waals surface area contributed by atoms with E-state index in [0.29, 0.717) is 37.2 Å². The molecule has 17 heteroatoms. The van der Waals surface area contributed by atoms with Gasteiger partial charge in [0, 0.05) is 43.4 Å². The minimum absolute atomic E-state index is 0.00837. The van der Waals surface area contributed by atoms with E-state index in [2.05, 4.69) is 20.8 Å². The molecule has 3 amide bonds. The minimum atomic E-state index is -1.16. The first-order chi connectivity index (χ1) is 25.9. The van der Waals surface area contributed by atoms with Gasteiger partial charge in [0.2, 0.25) is 11.8 Å². The predicted molar refractivity (Wildman–Crippen MR) is 194 cm³/mol. The van der Waals surface area contributed by atoms with Crippen molar-refractivity contribution in [2.45, 2.75) is 37.8 Å². The number of hydrogen-bond acceptors (Lipinski definition) is 9. The summed E-state index contributed by atoms with van der Waals surface area (Å²) in [5.74, 6) is -4.45. The molecule has 6 rings (SSSR count). The van der Waals surface area contributed by atoms with E-state index in [4.69, 9.17) is 22.4 Å². The quantitative estimate of drug-likeness (QED) is 0.162. The molecule has 0 radical (unpaired) electrons. The van der Waals surface area contributed by atoms with Gasteiger partial charge >= 0.3 is 11.9 Å². The van der Waals surface area contributed by atoms with Crippen LogP contribution in [-0.2, 0) is 25.6 Å². The van der Waals surface area contributed by atoms with Gasteiger partial charge in [-0.3, -0.25) is 19.2 Å². The van der Waals surface area contributed by atoms with Crippen LogP contribution >= 0.6 is 11.6 Å². The van der Waals surface area contributed by atoms with Crippen LogP contribution in [-0.4, -0.2) is 95.6 Å². The fourth-order valence-corrected chi connectivity index (χ4v) is 6.70. The number of carboxylic acids is 2. The Morgan fingerprint density at radius 3 is 2.48 bits per heavy atom. The molecule has 278 valence electrons. The third-order valence-corrected chi connectivity index (χ3v) is 9.64. The molecule has 2 aliphatic heterocycles. The fourth-order valence-electron chi connectivity index (χ4n) is 6.53. The van der Waals surface area contributed by atoms with Gasteiger partial charge < -0.3 is 31.1 Å². The number of anilines is 1. The number of carbonyl (C=O) groups excluding carboxylic acids is 3. The number of amides is 3. The summed E-state index contributed by atoms with van der Waals surface area (Å²) in [4.78, 5) is 66.4. The van der Waals surface area contributed by atoms with Crippen molar-refractivity contribution in [3.05, 3.63) is 112 Å². The summed E-state index contributed by atoms with van der Waals surface area (Å²) < 4.78 is 16.5. The van der Waals surface area contributed by atoms with Crippen molar-refractivity contribution in [3.63, 3.8) is 0 Å². The zero-order chi connectivity index (χ0) is 38.5. The predicted octanol–water partition coefficient (Wildman–Crippen LogP) is 3.74. The second-order valence-corrected chi connectivity index (χ2v) is 13.0. The second-order valence-electron chi connectivity index (χ2n) is 12.6. The van der Waals surface area contributed by atoms with Gasteiger partial charge in [-0.25, -0.2) is 9.18 Å². The Labute approximate surface area is 312 Å². The molecule has 2 aliphatic rings. The van der Waals surface area contributed by atoms with Crippen molar-refractivity contribution in [2.24, 2.45) is 5.73 Å². The summed E-state index contributed by atoms with van der Waals surface area (Å²) in [6.45, 7) is 0.816. The number of rotatable bonds is 11. The van der Waals surface area contributed by atoms with E-state index < -0.39 is 41.7 Å². The number of hydrogen-bond donors (Lipinski definition) is 4. The van der Waals surface area contributed by atoms with E-state index in [1.165, 1.54) is 58.4 Å². The van der Waals surface area contributed by atoms with Crippen LogP contribution < -0.4 is 11.1 Å². The summed E-state index contributed by atoms with van der Waals surface area (Å²) in [6.07, 6.45) is 6.50. The number of aliphatic carboxylic acids is 1. The number of halogens is 2. The van der Waals surface area contributed by atoms with E-state index in [9.17, 15) is 29.1 Å². The van der Waals surface area contributed by atoms with Crippen molar-refractivity contribution in [3.8, 4) is 5.69 Å². The SMILES string of the molecule is N[C@@H](CCC(=O)N1CC=C(c2cccc3c2CCN(C(=O)/C=C/c2c(-n4cnnn4)ccc(Cl)c2F)[C@@H]3C(=O)Nc2ccc(C(=O)O)cc2)CC1)C(=O)O. The number of carbonyl (C=O) groups is 5. The van der Waals surface area contributed by atoms with Crippen LogP contribution in [0.2, 0.25) is 5.02 Å². The van der Waals surface area contributed by atoms with Crippen molar-refractivity contribution in [1.82, 2.24) is 30.0 Å². The lowest BCUT2D eigenvalue weighted by atomic mass is 9.84. The lowest BCUT2D eigenvalue weighted by molar-refractivity contribution is -0.139. The van der Waals surface area contributed by atoms with Crippen LogP contribution in [0.15, 0.2) is 73.1 Å². The molecular weight excluding hydrogens is 723 g/mol. The minimum Gasteiger partial charge on any atom is -0.480 e. The highest BCUT2D eigenvalue weighted by Gasteiger charge is 2.37. The van der Waals surface area contributed by atoms with Crippen LogP contribution in [0.25, 0.3) is 17.3 Å². The lowest BCUT2D eigenvalue weighted by Gasteiger charge is -2.37. The van der Waals surface area contributed by atoms with Gasteiger partial charge in [-0.1, -0.05) is 35.9 Å². The van der Waals surface area contributed by atoms with Gasteiger partial charge in [0.1, 0.15) is 18.4 Å². The Morgan fingerprint density at radius 2 is 1.81 bits per heavy atom. The molecular formula is C37H34ClFN8O7. The average Bonchev–Trinajstić information content (AvgIpc) is 3.71. The molecule has 15 nitrogen and oxygen atoms in total. The number of tetrazole rings is 1. The summed E-state index contributed by atoms with van der Waals surface area (Å²) >= 11 is 6.08. The normalized spacial score (nSPS) is 16.1. The van der Waals surface area contributed by atoms with E-state index >= 15 is 4.39 Å². The summed E-state index contributed by atoms with van der Waals surface area (Å²) in [5.41, 5.74) is 9.30. The molecule has 0 spiro atoms. The zero-order valence-electron chi connectivity index (χ0n) is 28.6. The monoisotopic (exact) mass is 756 g/mol. The highest BCUT2D eigenvalue weighted by atomic mass is 35.5. The van der Waals surface area contributed by atoms with Crippen LogP contribution in [0.5, 0.6) is 0 Å². The smallest absolute Gasteiger partial charge is 0.335 e. The Kier molecular flexibility index (Phi) is 11.2. The Hall–Kier alpha value is -6.26. The average molecular weight is 757 g/mol. The Bertz CT molecular complexity index is 2180. The van der Waals surface area contributed by atoms with Gasteiger partial charge in [0.15, 0.2) is 5.82 Å². The molecule has 1 aromatic heterocycles. The maximum Gasteiger partial charge on any atom is 0.335 e. The largest absolute Gasteiger partial charge is 0.480 e. The third kappa shape index (κ3) is 8.04. The lowest BCUT2D eigenvalue weighted by Crippen LogP contribution is -2.45. The van der Waals surface area contributed by atoms with Gasteiger partial charge in [-0.05, 0) is 94.4 Å². The van der Waals surface area contributed by atoms with Crippen LogP contribution in [0.1, 0.15) is 57.9 Å². The van der Waals surface area contributed by atoms with Gasteiger partial charge in [0.05, 0.1) is 16.3 Å². The van der Waals surface area contributed by atoms with Gasteiger partial charge in [0.25, 0.3) is 5.91 Å². The second kappa shape index (κ2) is 16.2. The molecule has 0 fully saturated rings. The molecule has 0 saturated carbocycles. The van der Waals surface area contributed by atoms with E-state index in [0.717, 1.165) is 22.8 Å². The third-order valence-electron chi connectivity index (χ3n) is 9.34. The molecule has 5 N–H and O–H groups in total. The number of aromatic carboxylic acids is 1. The maximum absolute atomic E-state index is 15.3. The molecule has 3 aromatic carbocycles. The van der Waals surface area contributed by atoms with Gasteiger partial charge in [-0.2, -0.15) is 4.68 Å². The van der Waals surface area contributed by atoms with Crippen molar-refractivity contribution in [2.75, 3.05) is 25.0 Å². The van der Waals surface area contributed by atoms with Crippen molar-refractivity contribution in [1.29, 1.82) is 0 Å². The number of carboxylic acid groups (broad SMARTS) is 2. The first kappa shape index (κ1) is 37.5. The molecule has 0 unspecified atom stereocenters. The van der Waals surface area contributed by atoms with Crippen molar-refractivity contribution < 1.29 is 38.6 Å². The molecule has 2 atom stereocenters. The van der Waals surface area contributed by atoms with Gasteiger partial charge in [-0.15, -0.1) is 5.10 Å². The number of nitrogens with zero attached hydrogens (tertiary/aromatic N) is 6. The molecule has 0 bridgehead atoms. The van der Waals surface area contributed by atoms with Crippen LogP contribution in [0.4, 0.5) is 10.1 Å². The Morgan fingerprint density at radius 1 is 1.04 bits per heavy atom. The zero-order valence-corrected chi connectivity index (χ0v) is 29.3. The number of nitrogens with one attached hydrogen (secondary N) is 1. The van der Waals surface area contributed by atoms with Crippen LogP contribution in [0, 0.1) is 5.82 Å². The molecule has 0 aliphatic carbocycles. The van der Waals surface area contributed by atoms with Crippen LogP contribution in [0.3, 0.4) is 0 Å². The number of nitrogens with two attached hydrogens (primary N) is 1. The highest BCUT2D eigenvalue weighted by Crippen LogP contribution is 2.37. The number of aromatic nitrogens is 4. The number of fused-ring (bicyclic) bond motifs is 1. The van der Waals surface area contributed by atoms with E-state index in [1.807, 2.05) is 12.1 Å². The summed E-state index contributed by atoms with van der Waals surface area (Å²) in [5, 5.41) is 32.0. The molecule has 54 heavy (non-hydrogen) atoms. The fraction of sp³-hybridized carbons (Fsp3) is 0.243. The first-order valence-electron chi connectivity index (χ1n) is 16.8. The van der Waals surface area contributed by atoms with E-state index in [-0.39, 0.29) is 47.1 Å². The Balaban J connectivity index is 1.30. The topological polar surface area (TPSA) is 214 Å².